The summed E-state index contributed by atoms with van der Waals surface area (Å²) in [7, 11) is 0. The third kappa shape index (κ3) is 3.66. The summed E-state index contributed by atoms with van der Waals surface area (Å²) in [4.78, 5) is 11.5. The summed E-state index contributed by atoms with van der Waals surface area (Å²) in [5, 5.41) is 7.63. The second-order valence-electron chi connectivity index (χ2n) is 4.89. The average Bonchev–Trinajstić information content (AvgIpc) is 2.82. The lowest BCUT2D eigenvalue weighted by Gasteiger charge is -2.11. The van der Waals surface area contributed by atoms with Gasteiger partial charge in [0.15, 0.2) is 0 Å². The van der Waals surface area contributed by atoms with E-state index in [-0.39, 0.29) is 5.56 Å². The number of hydrogen-bond acceptors (Lipinski definition) is 3. The predicted molar refractivity (Wildman–Crippen MR) is 68.1 cm³/mol. The first-order chi connectivity index (χ1) is 8.25. The Labute approximate surface area is 102 Å². The maximum absolute atomic E-state index is 11.5. The number of aryl methyl sites for hydroxylation is 1. The van der Waals surface area contributed by atoms with E-state index in [1.807, 2.05) is 6.92 Å². The molecule has 0 saturated heterocycles. The van der Waals surface area contributed by atoms with Gasteiger partial charge in [-0.3, -0.25) is 4.79 Å². The summed E-state index contributed by atoms with van der Waals surface area (Å²) in [6.45, 7) is 4.47. The number of aromatic nitrogens is 2. The molecule has 1 N–H and O–H groups in total. The smallest absolute Gasteiger partial charge is 0.266 e. The van der Waals surface area contributed by atoms with Crippen LogP contribution >= 0.6 is 0 Å². The average molecular weight is 235 g/mol. The van der Waals surface area contributed by atoms with Crippen molar-refractivity contribution in [1.29, 1.82) is 0 Å². The van der Waals surface area contributed by atoms with Crippen LogP contribution in [0.2, 0.25) is 0 Å². The van der Waals surface area contributed by atoms with Gasteiger partial charge in [0.05, 0.1) is 12.2 Å². The van der Waals surface area contributed by atoms with E-state index in [2.05, 4.69) is 10.4 Å². The summed E-state index contributed by atoms with van der Waals surface area (Å²) >= 11 is 0. The van der Waals surface area contributed by atoms with Gasteiger partial charge in [0.1, 0.15) is 0 Å². The van der Waals surface area contributed by atoms with Gasteiger partial charge in [0, 0.05) is 12.6 Å². The molecule has 0 aromatic carbocycles. The van der Waals surface area contributed by atoms with E-state index in [9.17, 15) is 4.79 Å². The van der Waals surface area contributed by atoms with Crippen molar-refractivity contribution in [2.75, 3.05) is 13.1 Å². The van der Waals surface area contributed by atoms with E-state index in [1.165, 1.54) is 30.4 Å². The molecule has 1 aliphatic rings. The Bertz CT molecular complexity index is 407. The molecule has 0 atom stereocenters. The summed E-state index contributed by atoms with van der Waals surface area (Å²) in [6.07, 6.45) is 5.47. The zero-order chi connectivity index (χ0) is 12.1. The first kappa shape index (κ1) is 12.3. The van der Waals surface area contributed by atoms with Gasteiger partial charge < -0.3 is 5.32 Å². The third-order valence-electron chi connectivity index (χ3n) is 3.41. The van der Waals surface area contributed by atoms with Crippen molar-refractivity contribution in [2.45, 2.75) is 39.2 Å². The van der Waals surface area contributed by atoms with Gasteiger partial charge in [0.25, 0.3) is 5.56 Å². The molecule has 1 heterocycles. The lowest BCUT2D eigenvalue weighted by Crippen LogP contribution is -2.30. The SMILES string of the molecule is Cc1ccc(=O)n(CCNCC2CCCC2)n1. The third-order valence-corrected chi connectivity index (χ3v) is 3.41. The zero-order valence-electron chi connectivity index (χ0n) is 10.5. The minimum atomic E-state index is -0.0155. The van der Waals surface area contributed by atoms with E-state index in [1.54, 1.807) is 12.1 Å². The molecule has 4 nitrogen and oxygen atoms in total. The van der Waals surface area contributed by atoms with Crippen molar-refractivity contribution >= 4 is 0 Å². The number of hydrogen-bond donors (Lipinski definition) is 1. The second-order valence-corrected chi connectivity index (χ2v) is 4.89. The standard InChI is InChI=1S/C13H21N3O/c1-11-6-7-13(17)16(15-11)9-8-14-10-12-4-2-3-5-12/h6-7,12,14H,2-5,8-10H2,1H3. The lowest BCUT2D eigenvalue weighted by atomic mass is 10.1. The van der Waals surface area contributed by atoms with Gasteiger partial charge in [-0.25, -0.2) is 4.68 Å². The minimum absolute atomic E-state index is 0.0155. The van der Waals surface area contributed by atoms with Crippen LogP contribution in [0.3, 0.4) is 0 Å². The number of rotatable bonds is 5. The van der Waals surface area contributed by atoms with Crippen LogP contribution in [0, 0.1) is 12.8 Å². The molecule has 4 heteroatoms. The van der Waals surface area contributed by atoms with Crippen molar-refractivity contribution < 1.29 is 0 Å². The topological polar surface area (TPSA) is 46.9 Å². The van der Waals surface area contributed by atoms with E-state index in [0.29, 0.717) is 6.54 Å². The van der Waals surface area contributed by atoms with Crippen molar-refractivity contribution in [3.63, 3.8) is 0 Å². The molecular weight excluding hydrogens is 214 g/mol. The van der Waals surface area contributed by atoms with Gasteiger partial charge in [-0.05, 0) is 38.3 Å². The summed E-state index contributed by atoms with van der Waals surface area (Å²) in [5.74, 6) is 0.845. The van der Waals surface area contributed by atoms with Gasteiger partial charge in [-0.2, -0.15) is 5.10 Å². The molecule has 0 amide bonds. The van der Waals surface area contributed by atoms with E-state index < -0.39 is 0 Å². The normalized spacial score (nSPS) is 16.5. The van der Waals surface area contributed by atoms with Crippen LogP contribution < -0.4 is 10.9 Å². The fourth-order valence-corrected chi connectivity index (χ4v) is 2.42. The monoisotopic (exact) mass is 235 g/mol. The highest BCUT2D eigenvalue weighted by Gasteiger charge is 2.13. The fraction of sp³-hybridized carbons (Fsp3) is 0.692. The van der Waals surface area contributed by atoms with Crippen LogP contribution in [0.4, 0.5) is 0 Å². The summed E-state index contributed by atoms with van der Waals surface area (Å²) in [5.41, 5.74) is 0.874. The van der Waals surface area contributed by atoms with Crippen molar-refractivity contribution in [2.24, 2.45) is 5.92 Å². The number of nitrogens with one attached hydrogen (secondary N) is 1. The maximum atomic E-state index is 11.5. The van der Waals surface area contributed by atoms with Crippen LogP contribution in [0.15, 0.2) is 16.9 Å². The highest BCUT2D eigenvalue weighted by molar-refractivity contribution is 4.96. The lowest BCUT2D eigenvalue weighted by molar-refractivity contribution is 0.460. The molecule has 1 fully saturated rings. The van der Waals surface area contributed by atoms with Crippen LogP contribution in [-0.4, -0.2) is 22.9 Å². The molecule has 1 aromatic rings. The Kier molecular flexibility index (Phi) is 4.31. The molecule has 0 bridgehead atoms. The molecule has 1 saturated carbocycles. The molecule has 2 rings (SSSR count). The van der Waals surface area contributed by atoms with E-state index in [4.69, 9.17) is 0 Å². The van der Waals surface area contributed by atoms with Crippen molar-refractivity contribution in [3.8, 4) is 0 Å². The molecule has 0 radical (unpaired) electrons. The fourth-order valence-electron chi connectivity index (χ4n) is 2.42. The molecule has 1 aliphatic carbocycles. The van der Waals surface area contributed by atoms with Gasteiger partial charge in [-0.15, -0.1) is 0 Å². The largest absolute Gasteiger partial charge is 0.315 e. The quantitative estimate of drug-likeness (QED) is 0.783. The van der Waals surface area contributed by atoms with Crippen molar-refractivity contribution in [3.05, 3.63) is 28.2 Å². The van der Waals surface area contributed by atoms with Crippen LogP contribution in [-0.2, 0) is 6.54 Å². The number of nitrogens with zero attached hydrogens (tertiary/aromatic N) is 2. The van der Waals surface area contributed by atoms with Crippen LogP contribution in [0.25, 0.3) is 0 Å². The maximum Gasteiger partial charge on any atom is 0.266 e. The molecule has 1 aromatic heterocycles. The Hall–Kier alpha value is -1.16. The molecular formula is C13H21N3O. The highest BCUT2D eigenvalue weighted by Crippen LogP contribution is 2.23. The second kappa shape index (κ2) is 5.96. The molecule has 0 unspecified atom stereocenters. The molecule has 17 heavy (non-hydrogen) atoms. The Morgan fingerprint density at radius 3 is 2.94 bits per heavy atom. The van der Waals surface area contributed by atoms with E-state index >= 15 is 0 Å². The molecule has 0 spiro atoms. The first-order valence-electron chi connectivity index (χ1n) is 6.51. The van der Waals surface area contributed by atoms with Gasteiger partial charge in [-0.1, -0.05) is 12.8 Å². The predicted octanol–water partition coefficient (Wildman–Crippen LogP) is 1.33. The zero-order valence-corrected chi connectivity index (χ0v) is 10.5. The Morgan fingerprint density at radius 1 is 1.41 bits per heavy atom. The van der Waals surface area contributed by atoms with E-state index in [0.717, 1.165) is 24.7 Å². The minimum Gasteiger partial charge on any atom is -0.315 e. The summed E-state index contributed by atoms with van der Waals surface area (Å²) in [6, 6.07) is 3.34. The Balaban J connectivity index is 1.74. The van der Waals surface area contributed by atoms with Crippen molar-refractivity contribution in [1.82, 2.24) is 15.1 Å². The van der Waals surface area contributed by atoms with Gasteiger partial charge in [0.2, 0.25) is 0 Å². The molecule has 94 valence electrons. The van der Waals surface area contributed by atoms with Crippen LogP contribution in [0.1, 0.15) is 31.4 Å². The highest BCUT2D eigenvalue weighted by atomic mass is 16.1. The first-order valence-corrected chi connectivity index (χ1v) is 6.51. The van der Waals surface area contributed by atoms with Crippen LogP contribution in [0.5, 0.6) is 0 Å². The summed E-state index contributed by atoms with van der Waals surface area (Å²) < 4.78 is 1.54. The molecule has 0 aliphatic heterocycles. The van der Waals surface area contributed by atoms with Gasteiger partial charge >= 0.3 is 0 Å². The Morgan fingerprint density at radius 2 is 2.18 bits per heavy atom.